The highest BCUT2D eigenvalue weighted by atomic mass is 16.3. The summed E-state index contributed by atoms with van der Waals surface area (Å²) < 4.78 is 6.84. The molecule has 0 unspecified atom stereocenters. The molecule has 2 heteroatoms. The van der Waals surface area contributed by atoms with Gasteiger partial charge in [-0.15, -0.1) is 0 Å². The first-order chi connectivity index (χ1) is 26.8. The van der Waals surface area contributed by atoms with Crippen molar-refractivity contribution in [1.29, 1.82) is 0 Å². The minimum atomic E-state index is 0.575. The summed E-state index contributed by atoms with van der Waals surface area (Å²) in [6.07, 6.45) is 6.45. The lowest BCUT2D eigenvalue weighted by molar-refractivity contribution is 0.446. The van der Waals surface area contributed by atoms with E-state index in [0.29, 0.717) is 5.92 Å². The molecule has 1 saturated carbocycles. The fraction of sp³-hybridized carbons (Fsp3) is 0.115. The van der Waals surface area contributed by atoms with Crippen molar-refractivity contribution in [2.24, 2.45) is 0 Å². The van der Waals surface area contributed by atoms with E-state index in [0.717, 1.165) is 33.8 Å². The zero-order valence-corrected chi connectivity index (χ0v) is 30.3. The van der Waals surface area contributed by atoms with Gasteiger partial charge in [0.25, 0.3) is 0 Å². The average Bonchev–Trinajstić information content (AvgIpc) is 3.64. The molecule has 10 rings (SSSR count). The van der Waals surface area contributed by atoms with Crippen LogP contribution in [-0.2, 0) is 0 Å². The van der Waals surface area contributed by atoms with Crippen molar-refractivity contribution in [3.05, 3.63) is 188 Å². The monoisotopic (exact) mass is 695 g/mol. The van der Waals surface area contributed by atoms with Gasteiger partial charge in [-0.1, -0.05) is 159 Å². The smallest absolute Gasteiger partial charge is 0.143 e. The zero-order valence-electron chi connectivity index (χ0n) is 30.3. The molecule has 0 saturated heterocycles. The molecule has 0 aliphatic heterocycles. The van der Waals surface area contributed by atoms with Gasteiger partial charge in [0.15, 0.2) is 0 Å². The maximum absolute atomic E-state index is 6.84. The van der Waals surface area contributed by atoms with Crippen molar-refractivity contribution in [3.8, 4) is 33.4 Å². The molecule has 0 bridgehead atoms. The summed E-state index contributed by atoms with van der Waals surface area (Å²) in [4.78, 5) is 2.41. The third-order valence-electron chi connectivity index (χ3n) is 11.5. The lowest BCUT2D eigenvalue weighted by Gasteiger charge is -2.28. The summed E-state index contributed by atoms with van der Waals surface area (Å²) in [5.41, 5.74) is 13.9. The second kappa shape index (κ2) is 13.9. The molecule has 1 aromatic heterocycles. The number of para-hydroxylation sites is 1. The fourth-order valence-electron chi connectivity index (χ4n) is 8.84. The molecule has 2 nitrogen and oxygen atoms in total. The zero-order chi connectivity index (χ0) is 35.8. The second-order valence-electron chi connectivity index (χ2n) is 14.7. The molecule has 1 heterocycles. The van der Waals surface area contributed by atoms with Crippen LogP contribution in [0.25, 0.3) is 66.1 Å². The van der Waals surface area contributed by atoms with E-state index in [2.05, 4.69) is 187 Å². The molecular weight excluding hydrogens is 655 g/mol. The Labute approximate surface area is 316 Å². The second-order valence-corrected chi connectivity index (χ2v) is 14.7. The van der Waals surface area contributed by atoms with E-state index in [1.807, 2.05) is 0 Å². The van der Waals surface area contributed by atoms with Crippen LogP contribution >= 0.6 is 0 Å². The van der Waals surface area contributed by atoms with Crippen LogP contribution in [0.15, 0.2) is 186 Å². The standard InChI is InChI=1S/C52H41NO/c1-4-15-36(16-5-1)38-27-31-41(32-28-38)53(42-33-29-39(30-34-42)37-17-6-2-7-18-37)49-25-13-12-22-44(49)45-24-14-26-50-51(45)48-35-47(40-19-8-3-9-20-40)43-21-10-11-23-46(43)52(48)54-50/h1-2,4-7,10-18,21-35,40H,3,8-9,19-20H2. The Morgan fingerprint density at radius 3 is 1.61 bits per heavy atom. The van der Waals surface area contributed by atoms with E-state index < -0.39 is 0 Å². The van der Waals surface area contributed by atoms with Gasteiger partial charge in [-0.25, -0.2) is 0 Å². The van der Waals surface area contributed by atoms with Crippen molar-refractivity contribution < 1.29 is 4.42 Å². The van der Waals surface area contributed by atoms with Crippen LogP contribution < -0.4 is 4.90 Å². The summed E-state index contributed by atoms with van der Waals surface area (Å²) in [6.45, 7) is 0. The van der Waals surface area contributed by atoms with E-state index in [9.17, 15) is 0 Å². The van der Waals surface area contributed by atoms with E-state index in [1.54, 1.807) is 0 Å². The van der Waals surface area contributed by atoms with Crippen LogP contribution in [0.5, 0.6) is 0 Å². The van der Waals surface area contributed by atoms with Crippen LogP contribution in [0.3, 0.4) is 0 Å². The van der Waals surface area contributed by atoms with Gasteiger partial charge in [-0.05, 0) is 100.0 Å². The minimum absolute atomic E-state index is 0.575. The van der Waals surface area contributed by atoms with Crippen molar-refractivity contribution in [2.45, 2.75) is 38.0 Å². The largest absolute Gasteiger partial charge is 0.455 e. The molecule has 1 fully saturated rings. The van der Waals surface area contributed by atoms with E-state index >= 15 is 0 Å². The normalized spacial score (nSPS) is 13.5. The topological polar surface area (TPSA) is 16.4 Å². The molecule has 9 aromatic rings. The molecule has 1 aliphatic rings. The number of hydrogen-bond acceptors (Lipinski definition) is 2. The third-order valence-corrected chi connectivity index (χ3v) is 11.5. The molecule has 0 atom stereocenters. The maximum atomic E-state index is 6.84. The van der Waals surface area contributed by atoms with Crippen molar-refractivity contribution in [1.82, 2.24) is 0 Å². The summed E-state index contributed by atoms with van der Waals surface area (Å²) in [7, 11) is 0. The van der Waals surface area contributed by atoms with Crippen molar-refractivity contribution >= 4 is 49.8 Å². The van der Waals surface area contributed by atoms with Crippen molar-refractivity contribution in [2.75, 3.05) is 4.90 Å². The molecule has 0 amide bonds. The highest BCUT2D eigenvalue weighted by molar-refractivity contribution is 6.20. The fourth-order valence-corrected chi connectivity index (χ4v) is 8.84. The van der Waals surface area contributed by atoms with Gasteiger partial charge in [0.05, 0.1) is 5.69 Å². The highest BCUT2D eigenvalue weighted by Crippen LogP contribution is 2.48. The third kappa shape index (κ3) is 5.76. The number of nitrogens with zero attached hydrogens (tertiary/aromatic N) is 1. The summed E-state index contributed by atoms with van der Waals surface area (Å²) >= 11 is 0. The average molecular weight is 696 g/mol. The van der Waals surface area contributed by atoms with Gasteiger partial charge in [-0.3, -0.25) is 0 Å². The van der Waals surface area contributed by atoms with E-state index in [1.165, 1.54) is 87.0 Å². The van der Waals surface area contributed by atoms with Crippen LogP contribution in [0.1, 0.15) is 43.6 Å². The predicted octanol–water partition coefficient (Wildman–Crippen LogP) is 15.3. The van der Waals surface area contributed by atoms with Gasteiger partial charge in [-0.2, -0.15) is 0 Å². The first-order valence-corrected chi connectivity index (χ1v) is 19.4. The molecular formula is C52H41NO. The molecule has 260 valence electrons. The maximum Gasteiger partial charge on any atom is 0.143 e. The van der Waals surface area contributed by atoms with Crippen molar-refractivity contribution in [3.63, 3.8) is 0 Å². The number of benzene rings is 8. The van der Waals surface area contributed by atoms with E-state index in [-0.39, 0.29) is 0 Å². The number of fused-ring (bicyclic) bond motifs is 5. The summed E-state index contributed by atoms with van der Waals surface area (Å²) in [6, 6.07) is 65.9. The molecule has 1 aliphatic carbocycles. The minimum Gasteiger partial charge on any atom is -0.455 e. The number of anilines is 3. The molecule has 0 N–H and O–H groups in total. The molecule has 8 aromatic carbocycles. The van der Waals surface area contributed by atoms with E-state index in [4.69, 9.17) is 4.42 Å². The van der Waals surface area contributed by atoms with Crippen LogP contribution in [-0.4, -0.2) is 0 Å². The number of hydrogen-bond donors (Lipinski definition) is 0. The molecule has 0 spiro atoms. The summed E-state index contributed by atoms with van der Waals surface area (Å²) in [5.74, 6) is 0.575. The lowest BCUT2D eigenvalue weighted by Crippen LogP contribution is -2.11. The Bertz CT molecular complexity index is 2640. The van der Waals surface area contributed by atoms with Gasteiger partial charge < -0.3 is 9.32 Å². The number of rotatable bonds is 7. The van der Waals surface area contributed by atoms with Crippen LogP contribution in [0.4, 0.5) is 17.1 Å². The SMILES string of the molecule is c1ccc(-c2ccc(N(c3ccc(-c4ccccc4)cc3)c3ccccc3-c3cccc4oc5c6ccccc6c(C6CCCCC6)cc5c34)cc2)cc1. The number of furan rings is 1. The van der Waals surface area contributed by atoms with Gasteiger partial charge in [0.2, 0.25) is 0 Å². The lowest BCUT2D eigenvalue weighted by atomic mass is 9.81. The van der Waals surface area contributed by atoms with Gasteiger partial charge in [0.1, 0.15) is 11.2 Å². The Balaban J connectivity index is 1.17. The molecule has 0 radical (unpaired) electrons. The Kier molecular flexibility index (Phi) is 8.30. The van der Waals surface area contributed by atoms with Gasteiger partial charge in [0, 0.05) is 33.1 Å². The van der Waals surface area contributed by atoms with Crippen LogP contribution in [0, 0.1) is 0 Å². The van der Waals surface area contributed by atoms with Crippen LogP contribution in [0.2, 0.25) is 0 Å². The van der Waals surface area contributed by atoms with Gasteiger partial charge >= 0.3 is 0 Å². The highest BCUT2D eigenvalue weighted by Gasteiger charge is 2.24. The summed E-state index contributed by atoms with van der Waals surface area (Å²) in [5, 5.41) is 4.94. The Morgan fingerprint density at radius 1 is 0.426 bits per heavy atom. The molecule has 54 heavy (non-hydrogen) atoms. The first kappa shape index (κ1) is 32.3. The quantitative estimate of drug-likeness (QED) is 0.165. The first-order valence-electron chi connectivity index (χ1n) is 19.4. The Hall–Kier alpha value is -6.38. The Morgan fingerprint density at radius 2 is 0.963 bits per heavy atom. The predicted molar refractivity (Wildman–Crippen MR) is 228 cm³/mol.